The Hall–Kier alpha value is -2.79. The van der Waals surface area contributed by atoms with Crippen LogP contribution in [0.1, 0.15) is 16.1 Å². The Bertz CT molecular complexity index is 918. The molecule has 1 aliphatic rings. The molecule has 0 aliphatic carbocycles. The van der Waals surface area contributed by atoms with Gasteiger partial charge in [-0.15, -0.1) is 0 Å². The van der Waals surface area contributed by atoms with Crippen LogP contribution in [-0.4, -0.2) is 23.2 Å². The van der Waals surface area contributed by atoms with Crippen molar-refractivity contribution in [2.24, 2.45) is 0 Å². The molecule has 0 atom stereocenters. The topological polar surface area (TPSA) is 58.2 Å². The van der Waals surface area contributed by atoms with Crippen molar-refractivity contribution in [2.75, 3.05) is 11.9 Å². The Morgan fingerprint density at radius 2 is 1.96 bits per heavy atom. The average molecular weight is 340 g/mol. The number of hydrogen-bond donors (Lipinski definition) is 1. The number of hydrogen-bond acceptors (Lipinski definition) is 3. The normalized spacial score (nSPS) is 12.1. The molecule has 0 saturated heterocycles. The van der Waals surface area contributed by atoms with Gasteiger partial charge in [0.05, 0.1) is 5.69 Å². The summed E-state index contributed by atoms with van der Waals surface area (Å²) in [4.78, 5) is 14.4. The number of nitrogens with one attached hydrogen (secondary N) is 1. The molecule has 1 N–H and O–H groups in total. The summed E-state index contributed by atoms with van der Waals surface area (Å²) in [5.74, 6) is 0.594. The van der Waals surface area contributed by atoms with E-state index in [4.69, 9.17) is 16.3 Å². The van der Waals surface area contributed by atoms with Gasteiger partial charge in [-0.2, -0.15) is 5.10 Å². The van der Waals surface area contributed by atoms with E-state index in [-0.39, 0.29) is 5.91 Å². The molecule has 6 heteroatoms. The number of para-hydroxylation sites is 1. The molecule has 1 amide bonds. The minimum absolute atomic E-state index is 0.196. The van der Waals surface area contributed by atoms with Gasteiger partial charge in [0, 0.05) is 28.9 Å². The van der Waals surface area contributed by atoms with E-state index in [2.05, 4.69) is 10.2 Å². The number of benzene rings is 2. The van der Waals surface area contributed by atoms with Crippen molar-refractivity contribution in [3.8, 4) is 17.0 Å². The lowest BCUT2D eigenvalue weighted by Crippen LogP contribution is -2.27. The van der Waals surface area contributed by atoms with Crippen LogP contribution < -0.4 is 9.64 Å². The minimum Gasteiger partial charge on any atom is -0.488 e. The number of rotatable bonds is 2. The summed E-state index contributed by atoms with van der Waals surface area (Å²) in [5, 5.41) is 7.85. The van der Waals surface area contributed by atoms with Gasteiger partial charge in [-0.3, -0.25) is 9.89 Å². The van der Waals surface area contributed by atoms with Crippen LogP contribution in [0.4, 0.5) is 5.69 Å². The SMILES string of the molecule is CN(C(=O)c1n[nH]c2c1COc1ccccc1-2)c1ccc(Cl)cc1. The first-order chi connectivity index (χ1) is 11.6. The smallest absolute Gasteiger partial charge is 0.278 e. The van der Waals surface area contributed by atoms with Crippen molar-refractivity contribution in [2.45, 2.75) is 6.61 Å². The van der Waals surface area contributed by atoms with Crippen LogP contribution in [0.5, 0.6) is 5.75 Å². The lowest BCUT2D eigenvalue weighted by Gasteiger charge is -2.19. The van der Waals surface area contributed by atoms with Crippen LogP contribution in [0.3, 0.4) is 0 Å². The van der Waals surface area contributed by atoms with Gasteiger partial charge >= 0.3 is 0 Å². The van der Waals surface area contributed by atoms with E-state index in [1.165, 1.54) is 0 Å². The van der Waals surface area contributed by atoms with Gasteiger partial charge in [0.15, 0.2) is 5.69 Å². The molecule has 1 aliphatic heterocycles. The summed E-state index contributed by atoms with van der Waals surface area (Å²) >= 11 is 5.90. The van der Waals surface area contributed by atoms with Crippen molar-refractivity contribution in [1.29, 1.82) is 0 Å². The molecule has 2 heterocycles. The fourth-order valence-electron chi connectivity index (χ4n) is 2.80. The Balaban J connectivity index is 1.70. The third-order valence-electron chi connectivity index (χ3n) is 4.12. The predicted molar refractivity (Wildman–Crippen MR) is 92.5 cm³/mol. The molecular weight excluding hydrogens is 326 g/mol. The summed E-state index contributed by atoms with van der Waals surface area (Å²) in [6.07, 6.45) is 0. The van der Waals surface area contributed by atoms with Crippen LogP contribution in [0, 0.1) is 0 Å². The lowest BCUT2D eigenvalue weighted by molar-refractivity contribution is 0.0985. The quantitative estimate of drug-likeness (QED) is 0.770. The van der Waals surface area contributed by atoms with E-state index in [1.807, 2.05) is 24.3 Å². The maximum atomic E-state index is 12.8. The molecule has 3 aromatic rings. The molecule has 120 valence electrons. The number of carbonyl (C=O) groups is 1. The van der Waals surface area contributed by atoms with Gasteiger partial charge in [0.25, 0.3) is 5.91 Å². The third kappa shape index (κ3) is 2.34. The molecule has 4 rings (SSSR count). The van der Waals surface area contributed by atoms with Gasteiger partial charge in [-0.1, -0.05) is 23.7 Å². The van der Waals surface area contributed by atoms with Gasteiger partial charge in [0.2, 0.25) is 0 Å². The van der Waals surface area contributed by atoms with Crippen LogP contribution in [0.25, 0.3) is 11.3 Å². The molecule has 0 saturated carbocycles. The number of nitrogens with zero attached hydrogens (tertiary/aromatic N) is 2. The zero-order valence-corrected chi connectivity index (χ0v) is 13.7. The van der Waals surface area contributed by atoms with Crippen molar-refractivity contribution >= 4 is 23.2 Å². The predicted octanol–water partition coefficient (Wildman–Crippen LogP) is 3.90. The second kappa shape index (κ2) is 5.69. The second-order valence-corrected chi connectivity index (χ2v) is 5.99. The van der Waals surface area contributed by atoms with Crippen molar-refractivity contribution < 1.29 is 9.53 Å². The van der Waals surface area contributed by atoms with Gasteiger partial charge in [-0.25, -0.2) is 0 Å². The first-order valence-electron chi connectivity index (χ1n) is 7.48. The first-order valence-corrected chi connectivity index (χ1v) is 7.86. The number of carbonyl (C=O) groups excluding carboxylic acids is 1. The number of aromatic amines is 1. The largest absolute Gasteiger partial charge is 0.488 e. The highest BCUT2D eigenvalue weighted by Crippen LogP contribution is 2.37. The van der Waals surface area contributed by atoms with Crippen molar-refractivity contribution in [3.05, 3.63) is 64.8 Å². The van der Waals surface area contributed by atoms with Crippen LogP contribution >= 0.6 is 11.6 Å². The molecule has 0 unspecified atom stereocenters. The number of H-pyrrole nitrogens is 1. The van der Waals surface area contributed by atoms with Crippen LogP contribution in [0.15, 0.2) is 48.5 Å². The number of halogens is 1. The van der Waals surface area contributed by atoms with Gasteiger partial charge < -0.3 is 9.64 Å². The first kappa shape index (κ1) is 14.8. The second-order valence-electron chi connectivity index (χ2n) is 5.55. The van der Waals surface area contributed by atoms with E-state index in [0.717, 1.165) is 28.3 Å². The lowest BCUT2D eigenvalue weighted by atomic mass is 10.0. The zero-order valence-electron chi connectivity index (χ0n) is 12.9. The van der Waals surface area contributed by atoms with Gasteiger partial charge in [-0.05, 0) is 36.4 Å². The molecule has 0 radical (unpaired) electrons. The zero-order chi connectivity index (χ0) is 16.7. The van der Waals surface area contributed by atoms with E-state index in [1.54, 1.807) is 36.2 Å². The summed E-state index contributed by atoms with van der Waals surface area (Å²) in [5.41, 5.74) is 3.65. The molecule has 0 fully saturated rings. The highest BCUT2D eigenvalue weighted by molar-refractivity contribution is 6.30. The molecule has 1 aromatic heterocycles. The molecule has 0 bridgehead atoms. The summed E-state index contributed by atoms with van der Waals surface area (Å²) in [6.45, 7) is 0.318. The molecule has 5 nitrogen and oxygen atoms in total. The number of amides is 1. The Morgan fingerprint density at radius 3 is 2.75 bits per heavy atom. The maximum Gasteiger partial charge on any atom is 0.278 e. The third-order valence-corrected chi connectivity index (χ3v) is 4.37. The molecular formula is C18H14ClN3O2. The highest BCUT2D eigenvalue weighted by atomic mass is 35.5. The Morgan fingerprint density at radius 1 is 1.21 bits per heavy atom. The number of anilines is 1. The van der Waals surface area contributed by atoms with E-state index >= 15 is 0 Å². The van der Waals surface area contributed by atoms with Gasteiger partial charge in [0.1, 0.15) is 12.4 Å². The van der Waals surface area contributed by atoms with Crippen molar-refractivity contribution in [1.82, 2.24) is 10.2 Å². The molecule has 2 aromatic carbocycles. The fourth-order valence-corrected chi connectivity index (χ4v) is 2.92. The summed E-state index contributed by atoms with van der Waals surface area (Å²) < 4.78 is 5.75. The molecule has 24 heavy (non-hydrogen) atoms. The monoisotopic (exact) mass is 339 g/mol. The van der Waals surface area contributed by atoms with Crippen LogP contribution in [0.2, 0.25) is 5.02 Å². The summed E-state index contributed by atoms with van der Waals surface area (Å²) in [7, 11) is 1.71. The maximum absolute atomic E-state index is 12.8. The number of fused-ring (bicyclic) bond motifs is 3. The number of aromatic nitrogens is 2. The summed E-state index contributed by atoms with van der Waals surface area (Å²) in [6, 6.07) is 14.8. The fraction of sp³-hybridized carbons (Fsp3) is 0.111. The van der Waals surface area contributed by atoms with Crippen LogP contribution in [-0.2, 0) is 6.61 Å². The highest BCUT2D eigenvalue weighted by Gasteiger charge is 2.28. The van der Waals surface area contributed by atoms with E-state index in [0.29, 0.717) is 17.3 Å². The number of ether oxygens (including phenoxy) is 1. The van der Waals surface area contributed by atoms with Crippen molar-refractivity contribution in [3.63, 3.8) is 0 Å². The van der Waals surface area contributed by atoms with E-state index in [9.17, 15) is 4.79 Å². The van der Waals surface area contributed by atoms with E-state index < -0.39 is 0 Å². The standard InChI is InChI=1S/C18H14ClN3O2/c1-22(12-8-6-11(19)7-9-12)18(23)17-14-10-24-15-5-3-2-4-13(15)16(14)20-21-17/h2-9H,10H2,1H3,(H,20,21). The average Bonchev–Trinajstić information content (AvgIpc) is 3.05. The Kier molecular flexibility index (Phi) is 3.50. The molecule has 0 spiro atoms. The minimum atomic E-state index is -0.196. The Labute approximate surface area is 143 Å².